The summed E-state index contributed by atoms with van der Waals surface area (Å²) in [6.45, 7) is 0. The summed E-state index contributed by atoms with van der Waals surface area (Å²) >= 11 is 3.33. The first kappa shape index (κ1) is 17.1. The molecule has 0 unspecified atom stereocenters. The van der Waals surface area contributed by atoms with Crippen LogP contribution in [0.3, 0.4) is 0 Å². The van der Waals surface area contributed by atoms with Gasteiger partial charge in [0, 0.05) is 23.0 Å². The molecule has 0 spiro atoms. The Labute approximate surface area is 148 Å². The Kier molecular flexibility index (Phi) is 4.73. The molecule has 128 valence electrons. The first-order chi connectivity index (χ1) is 11.3. The van der Waals surface area contributed by atoms with Gasteiger partial charge in [-0.25, -0.2) is 13.4 Å². The molecular weight excluding hydrogens is 398 g/mol. The van der Waals surface area contributed by atoms with Crippen LogP contribution in [0.4, 0.5) is 5.69 Å². The zero-order valence-electron chi connectivity index (χ0n) is 12.7. The quantitative estimate of drug-likeness (QED) is 0.812. The van der Waals surface area contributed by atoms with Crippen molar-refractivity contribution < 1.29 is 18.0 Å². The first-order valence-corrected chi connectivity index (χ1v) is 10.1. The van der Waals surface area contributed by atoms with Gasteiger partial charge in [0.15, 0.2) is 9.84 Å². The molecule has 1 saturated heterocycles. The number of carbonyl (C=O) groups excluding carboxylic acids is 2. The summed E-state index contributed by atoms with van der Waals surface area (Å²) in [4.78, 5) is 24.4. The van der Waals surface area contributed by atoms with E-state index in [-0.39, 0.29) is 41.9 Å². The van der Waals surface area contributed by atoms with Crippen LogP contribution in [-0.2, 0) is 19.4 Å². The molecule has 0 aromatic heterocycles. The van der Waals surface area contributed by atoms with E-state index in [0.717, 1.165) is 4.47 Å². The Morgan fingerprint density at radius 3 is 2.79 bits per heavy atom. The zero-order valence-corrected chi connectivity index (χ0v) is 15.1. The number of nitrogens with one attached hydrogen (secondary N) is 1. The molecule has 2 amide bonds. The van der Waals surface area contributed by atoms with E-state index in [1.54, 1.807) is 18.2 Å². The summed E-state index contributed by atoms with van der Waals surface area (Å²) in [5.41, 5.74) is 0.850. The van der Waals surface area contributed by atoms with Gasteiger partial charge < -0.3 is 5.32 Å². The lowest BCUT2D eigenvalue weighted by atomic mass is 10.1. The number of benzene rings is 1. The average molecular weight is 414 g/mol. The first-order valence-electron chi connectivity index (χ1n) is 7.51. The summed E-state index contributed by atoms with van der Waals surface area (Å²) in [5, 5.41) is 8.06. The monoisotopic (exact) mass is 413 g/mol. The molecule has 1 aromatic carbocycles. The number of nitrogens with zero attached hydrogens (tertiary/aromatic N) is 2. The third kappa shape index (κ3) is 3.84. The predicted octanol–water partition coefficient (Wildman–Crippen LogP) is 1.55. The molecule has 0 aliphatic carbocycles. The van der Waals surface area contributed by atoms with Crippen molar-refractivity contribution in [3.05, 3.63) is 28.7 Å². The Hall–Kier alpha value is -1.74. The van der Waals surface area contributed by atoms with Crippen LogP contribution in [0, 0.1) is 0 Å². The molecule has 0 saturated carbocycles. The summed E-state index contributed by atoms with van der Waals surface area (Å²) in [6.07, 6.45) is 0.758. The van der Waals surface area contributed by atoms with Gasteiger partial charge >= 0.3 is 0 Å². The molecule has 24 heavy (non-hydrogen) atoms. The summed E-state index contributed by atoms with van der Waals surface area (Å²) in [6, 6.07) is 6.67. The lowest BCUT2D eigenvalue weighted by Gasteiger charge is -2.27. The van der Waals surface area contributed by atoms with Crippen molar-refractivity contribution in [1.29, 1.82) is 0 Å². The second-order valence-electron chi connectivity index (χ2n) is 5.81. The molecule has 2 heterocycles. The number of halogens is 1. The van der Waals surface area contributed by atoms with E-state index in [1.807, 2.05) is 6.07 Å². The molecule has 1 N–H and O–H groups in total. The minimum absolute atomic E-state index is 0.0521. The highest BCUT2D eigenvalue weighted by Gasteiger charge is 2.37. The highest BCUT2D eigenvalue weighted by molar-refractivity contribution is 9.10. The number of hydrogen-bond donors (Lipinski definition) is 1. The minimum Gasteiger partial charge on any atom is -0.321 e. The van der Waals surface area contributed by atoms with Gasteiger partial charge in [-0.2, -0.15) is 5.10 Å². The maximum atomic E-state index is 12.4. The lowest BCUT2D eigenvalue weighted by molar-refractivity contribution is -0.133. The van der Waals surface area contributed by atoms with Crippen LogP contribution in [0.1, 0.15) is 19.3 Å². The van der Waals surface area contributed by atoms with E-state index in [4.69, 9.17) is 0 Å². The van der Waals surface area contributed by atoms with Crippen LogP contribution >= 0.6 is 15.9 Å². The van der Waals surface area contributed by atoms with Gasteiger partial charge in [0.25, 0.3) is 5.91 Å². The van der Waals surface area contributed by atoms with Crippen molar-refractivity contribution in [2.45, 2.75) is 25.3 Å². The predicted molar refractivity (Wildman–Crippen MR) is 93.3 cm³/mol. The van der Waals surface area contributed by atoms with Gasteiger partial charge in [-0.3, -0.25) is 9.59 Å². The normalized spacial score (nSPS) is 23.0. The largest absolute Gasteiger partial charge is 0.321 e. The van der Waals surface area contributed by atoms with Crippen molar-refractivity contribution >= 4 is 49.0 Å². The van der Waals surface area contributed by atoms with Crippen molar-refractivity contribution in [2.75, 3.05) is 16.8 Å². The Morgan fingerprint density at radius 2 is 2.12 bits per heavy atom. The van der Waals surface area contributed by atoms with Gasteiger partial charge in [-0.15, -0.1) is 0 Å². The lowest BCUT2D eigenvalue weighted by Crippen LogP contribution is -2.42. The number of hydrogen-bond acceptors (Lipinski definition) is 5. The van der Waals surface area contributed by atoms with Gasteiger partial charge in [0.05, 0.1) is 17.5 Å². The molecule has 3 rings (SSSR count). The number of amides is 2. The second kappa shape index (κ2) is 6.64. The Balaban J connectivity index is 1.76. The summed E-state index contributed by atoms with van der Waals surface area (Å²) in [7, 11) is -3.13. The summed E-state index contributed by atoms with van der Waals surface area (Å²) < 4.78 is 24.0. The highest BCUT2D eigenvalue weighted by Crippen LogP contribution is 2.23. The van der Waals surface area contributed by atoms with Crippen molar-refractivity contribution in [2.24, 2.45) is 5.10 Å². The molecule has 0 bridgehead atoms. The van der Waals surface area contributed by atoms with Crippen LogP contribution in [0.25, 0.3) is 0 Å². The van der Waals surface area contributed by atoms with Crippen molar-refractivity contribution in [1.82, 2.24) is 5.01 Å². The number of carbonyl (C=O) groups is 2. The molecular formula is C15H16BrN3O4S. The second-order valence-corrected chi connectivity index (χ2v) is 8.95. The standard InChI is InChI=1S/C15H16BrN3O4S/c16-10-2-1-3-11(8-10)17-15(21)13-4-5-14(20)19(18-13)12-6-7-24(22,23)9-12/h1-3,8,12H,4-7,9H2,(H,17,21)/t12-/m0/s1. The highest BCUT2D eigenvalue weighted by atomic mass is 79.9. The van der Waals surface area contributed by atoms with Crippen molar-refractivity contribution in [3.8, 4) is 0 Å². The fourth-order valence-electron chi connectivity index (χ4n) is 2.76. The van der Waals surface area contributed by atoms with Crippen LogP contribution in [-0.4, -0.2) is 48.5 Å². The number of hydrazone groups is 1. The molecule has 1 aromatic rings. The van der Waals surface area contributed by atoms with Crippen molar-refractivity contribution in [3.63, 3.8) is 0 Å². The molecule has 2 aliphatic heterocycles. The number of sulfone groups is 1. The fraction of sp³-hybridized carbons (Fsp3) is 0.400. The van der Waals surface area contributed by atoms with E-state index in [2.05, 4.69) is 26.3 Å². The maximum Gasteiger partial charge on any atom is 0.271 e. The zero-order chi connectivity index (χ0) is 17.3. The molecule has 9 heteroatoms. The molecule has 1 atom stereocenters. The number of anilines is 1. The average Bonchev–Trinajstić information content (AvgIpc) is 2.87. The van der Waals surface area contributed by atoms with Gasteiger partial charge in [-0.1, -0.05) is 22.0 Å². The Morgan fingerprint density at radius 1 is 1.33 bits per heavy atom. The third-order valence-electron chi connectivity index (χ3n) is 3.96. The molecule has 7 nitrogen and oxygen atoms in total. The van der Waals surface area contributed by atoms with Gasteiger partial charge in [-0.05, 0) is 24.6 Å². The Bertz CT molecular complexity index is 822. The summed E-state index contributed by atoms with van der Waals surface area (Å²) in [5.74, 6) is -0.665. The molecule has 2 aliphatic rings. The SMILES string of the molecule is O=C(Nc1cccc(Br)c1)C1=NN([C@H]2CCS(=O)(=O)C2)C(=O)CC1. The van der Waals surface area contributed by atoms with Crippen LogP contribution < -0.4 is 5.32 Å². The third-order valence-corrected chi connectivity index (χ3v) is 6.20. The van der Waals surface area contributed by atoms with E-state index in [0.29, 0.717) is 12.1 Å². The molecule has 0 radical (unpaired) electrons. The van der Waals surface area contributed by atoms with E-state index < -0.39 is 15.9 Å². The van der Waals surface area contributed by atoms with Crippen LogP contribution in [0.15, 0.2) is 33.8 Å². The molecule has 1 fully saturated rings. The van der Waals surface area contributed by atoms with E-state index >= 15 is 0 Å². The van der Waals surface area contributed by atoms with E-state index in [9.17, 15) is 18.0 Å². The van der Waals surface area contributed by atoms with Crippen LogP contribution in [0.2, 0.25) is 0 Å². The van der Waals surface area contributed by atoms with Crippen LogP contribution in [0.5, 0.6) is 0 Å². The van der Waals surface area contributed by atoms with E-state index in [1.165, 1.54) is 5.01 Å². The minimum atomic E-state index is -3.13. The fourth-order valence-corrected chi connectivity index (χ4v) is 4.85. The smallest absolute Gasteiger partial charge is 0.271 e. The maximum absolute atomic E-state index is 12.4. The van der Waals surface area contributed by atoms with Gasteiger partial charge in [0.2, 0.25) is 5.91 Å². The topological polar surface area (TPSA) is 95.9 Å². The number of rotatable bonds is 3. The van der Waals surface area contributed by atoms with Gasteiger partial charge in [0.1, 0.15) is 5.71 Å².